The van der Waals surface area contributed by atoms with E-state index in [1.54, 1.807) is 29.1 Å². The van der Waals surface area contributed by atoms with E-state index in [0.717, 1.165) is 6.04 Å². The van der Waals surface area contributed by atoms with Gasteiger partial charge in [0.1, 0.15) is 19.1 Å². The first-order valence-electron chi connectivity index (χ1n) is 12.4. The number of nitrogens with zero attached hydrogens (tertiary/aromatic N) is 3. The molecule has 1 aliphatic heterocycles. The van der Waals surface area contributed by atoms with Crippen LogP contribution in [0.1, 0.15) is 18.2 Å². The molecule has 0 spiro atoms. The molecule has 12 nitrogen and oxygen atoms in total. The molecular weight excluding hydrogens is 510 g/mol. The maximum absolute atomic E-state index is 12.6. The third-order valence-electron chi connectivity index (χ3n) is 6.22. The van der Waals surface area contributed by atoms with E-state index in [-0.39, 0.29) is 18.9 Å². The van der Waals surface area contributed by atoms with Gasteiger partial charge in [0.25, 0.3) is 5.56 Å². The van der Waals surface area contributed by atoms with Gasteiger partial charge in [0.2, 0.25) is 5.91 Å². The minimum absolute atomic E-state index is 0.00160. The predicted octanol–water partition coefficient (Wildman–Crippen LogP) is 1.49. The minimum atomic E-state index is -1.27. The number of H-pyrrole nitrogens is 1. The van der Waals surface area contributed by atoms with Crippen LogP contribution in [0.25, 0.3) is 17.1 Å². The van der Waals surface area contributed by atoms with Gasteiger partial charge in [-0.05, 0) is 30.3 Å². The zero-order valence-corrected chi connectivity index (χ0v) is 22.6. The Morgan fingerprint density at radius 3 is 2.84 bits per heavy atom. The van der Waals surface area contributed by atoms with Crippen molar-refractivity contribution < 1.29 is 24.5 Å². The highest BCUT2D eigenvalue weighted by molar-refractivity contribution is 6.76. The van der Waals surface area contributed by atoms with Crippen molar-refractivity contribution in [2.24, 2.45) is 0 Å². The number of fused-ring (bicyclic) bond motifs is 1. The number of imidazole rings is 1. The van der Waals surface area contributed by atoms with E-state index in [0.29, 0.717) is 29.7 Å². The number of hydrogen-bond donors (Lipinski definition) is 4. The van der Waals surface area contributed by atoms with Gasteiger partial charge < -0.3 is 29.6 Å². The lowest BCUT2D eigenvalue weighted by atomic mass is 10.2. The summed E-state index contributed by atoms with van der Waals surface area (Å²) in [5, 5.41) is 22.2. The van der Waals surface area contributed by atoms with Gasteiger partial charge >= 0.3 is 5.69 Å². The standard InChI is InChI=1S/C25H33N5O7Si/c1-38(2,3)9-8-36-15-29-12-16(24(34)28-25(29)35)4-7-22(33)27-17-5-6-18-19(10-17)30(14-26-18)23-11-20(32)21(13-31)37-23/h4-7,10,12,14,20-21,23,31-32H,8-9,11,13,15H2,1-3H3,(H,27,33)(H,28,34,35)/b7-4+/t20-,21+,23+/m0/s1. The van der Waals surface area contributed by atoms with Crippen molar-refractivity contribution >= 4 is 36.8 Å². The number of aliphatic hydroxyl groups is 2. The Bertz CT molecular complexity index is 1440. The first-order chi connectivity index (χ1) is 18.0. The SMILES string of the molecule is C[Si](C)(C)CCOCn1cc(/C=C/C(=O)Nc2ccc3ncn([C@H]4C[C@H](O)[C@@H](CO)O4)c3c2)c(=O)[nH]c1=O. The van der Waals surface area contributed by atoms with Crippen molar-refractivity contribution in [3.63, 3.8) is 0 Å². The molecule has 1 amide bonds. The van der Waals surface area contributed by atoms with E-state index >= 15 is 0 Å². The number of carbonyl (C=O) groups excluding carboxylic acids is 1. The lowest BCUT2D eigenvalue weighted by molar-refractivity contribution is -0.111. The van der Waals surface area contributed by atoms with Gasteiger partial charge in [-0.25, -0.2) is 9.78 Å². The van der Waals surface area contributed by atoms with E-state index < -0.39 is 43.7 Å². The fourth-order valence-corrected chi connectivity index (χ4v) is 4.77. The fourth-order valence-electron chi connectivity index (χ4n) is 4.01. The number of nitrogens with one attached hydrogen (secondary N) is 2. The van der Waals surface area contributed by atoms with Crippen LogP contribution in [0.15, 0.2) is 46.4 Å². The Labute approximate surface area is 219 Å². The highest BCUT2D eigenvalue weighted by Crippen LogP contribution is 2.32. The van der Waals surface area contributed by atoms with Crippen LogP contribution in [0.4, 0.5) is 5.69 Å². The van der Waals surface area contributed by atoms with Crippen LogP contribution in [-0.2, 0) is 21.0 Å². The normalized spacial score (nSPS) is 20.0. The van der Waals surface area contributed by atoms with Gasteiger partial charge in [-0.2, -0.15) is 0 Å². The summed E-state index contributed by atoms with van der Waals surface area (Å²) in [5.41, 5.74) is 0.782. The maximum Gasteiger partial charge on any atom is 0.330 e. The third-order valence-corrected chi connectivity index (χ3v) is 7.92. The minimum Gasteiger partial charge on any atom is -0.394 e. The molecule has 1 fully saturated rings. The third kappa shape index (κ3) is 6.74. The van der Waals surface area contributed by atoms with Crippen LogP contribution < -0.4 is 16.6 Å². The molecule has 2 aromatic heterocycles. The topological polar surface area (TPSA) is 161 Å². The van der Waals surface area contributed by atoms with Gasteiger partial charge in [-0.1, -0.05) is 19.6 Å². The molecular formula is C25H33N5O7Si. The number of aromatic nitrogens is 4. The molecule has 1 saturated heterocycles. The van der Waals surface area contributed by atoms with Crippen molar-refractivity contribution in [3.05, 3.63) is 63.2 Å². The van der Waals surface area contributed by atoms with Crippen molar-refractivity contribution in [2.45, 2.75) is 57.3 Å². The largest absolute Gasteiger partial charge is 0.394 e. The lowest BCUT2D eigenvalue weighted by Gasteiger charge is -2.15. The number of rotatable bonds is 10. The first-order valence-corrected chi connectivity index (χ1v) is 16.1. The molecule has 204 valence electrons. The molecule has 13 heteroatoms. The summed E-state index contributed by atoms with van der Waals surface area (Å²) in [6, 6.07) is 6.10. The van der Waals surface area contributed by atoms with Gasteiger partial charge in [0.05, 0.1) is 35.6 Å². The molecule has 0 unspecified atom stereocenters. The monoisotopic (exact) mass is 543 g/mol. The molecule has 0 radical (unpaired) electrons. The Hall–Kier alpha value is -3.36. The smallest absolute Gasteiger partial charge is 0.330 e. The van der Waals surface area contributed by atoms with E-state index in [1.165, 1.54) is 22.9 Å². The molecule has 0 saturated carbocycles. The van der Waals surface area contributed by atoms with Crippen molar-refractivity contribution in [1.82, 2.24) is 19.1 Å². The molecule has 0 bridgehead atoms. The second-order valence-electron chi connectivity index (χ2n) is 10.5. The summed E-state index contributed by atoms with van der Waals surface area (Å²) >= 11 is 0. The van der Waals surface area contributed by atoms with Crippen molar-refractivity contribution in [2.75, 3.05) is 18.5 Å². The van der Waals surface area contributed by atoms with E-state index in [1.807, 2.05) is 0 Å². The average molecular weight is 544 g/mol. The summed E-state index contributed by atoms with van der Waals surface area (Å²) < 4.78 is 14.3. The highest BCUT2D eigenvalue weighted by Gasteiger charge is 2.35. The second kappa shape index (κ2) is 11.6. The lowest BCUT2D eigenvalue weighted by Crippen LogP contribution is -2.32. The zero-order valence-electron chi connectivity index (χ0n) is 21.6. The molecule has 1 aliphatic rings. The van der Waals surface area contributed by atoms with Gasteiger partial charge in [-0.3, -0.25) is 19.1 Å². The molecule has 0 aliphatic carbocycles. The Kier molecular flexibility index (Phi) is 8.43. The molecule has 4 N–H and O–H groups in total. The van der Waals surface area contributed by atoms with E-state index in [9.17, 15) is 24.6 Å². The van der Waals surface area contributed by atoms with Gasteiger partial charge in [-0.15, -0.1) is 0 Å². The average Bonchev–Trinajstić information content (AvgIpc) is 3.44. The van der Waals surface area contributed by atoms with Crippen LogP contribution in [0, 0.1) is 0 Å². The fraction of sp³-hybridized carbons (Fsp3) is 0.440. The zero-order chi connectivity index (χ0) is 27.4. The van der Waals surface area contributed by atoms with Crippen LogP contribution in [0.2, 0.25) is 25.7 Å². The number of aliphatic hydroxyl groups excluding tert-OH is 2. The summed E-state index contributed by atoms with van der Waals surface area (Å²) in [5.74, 6) is -0.480. The highest BCUT2D eigenvalue weighted by atomic mass is 28.3. The Morgan fingerprint density at radius 1 is 1.34 bits per heavy atom. The Balaban J connectivity index is 1.43. The molecule has 3 heterocycles. The molecule has 1 aromatic carbocycles. The number of aromatic amines is 1. The number of carbonyl (C=O) groups is 1. The van der Waals surface area contributed by atoms with Gasteiger partial charge in [0, 0.05) is 39.1 Å². The molecule has 3 atom stereocenters. The van der Waals surface area contributed by atoms with Crippen LogP contribution in [0.5, 0.6) is 0 Å². The molecule has 4 rings (SSSR count). The van der Waals surface area contributed by atoms with Crippen LogP contribution >= 0.6 is 0 Å². The van der Waals surface area contributed by atoms with E-state index in [4.69, 9.17) is 9.47 Å². The van der Waals surface area contributed by atoms with Crippen LogP contribution in [-0.4, -0.2) is 68.7 Å². The summed E-state index contributed by atoms with van der Waals surface area (Å²) in [6.07, 6.45) is 3.83. The maximum atomic E-state index is 12.6. The Morgan fingerprint density at radius 2 is 2.13 bits per heavy atom. The number of amides is 1. The summed E-state index contributed by atoms with van der Waals surface area (Å²) in [4.78, 5) is 43.5. The van der Waals surface area contributed by atoms with Crippen molar-refractivity contribution in [1.29, 1.82) is 0 Å². The summed E-state index contributed by atoms with van der Waals surface area (Å²) in [6.45, 7) is 6.92. The number of benzene rings is 1. The van der Waals surface area contributed by atoms with E-state index in [2.05, 4.69) is 34.9 Å². The number of hydrogen-bond acceptors (Lipinski definition) is 8. The number of anilines is 1. The number of ether oxygens (including phenoxy) is 2. The second-order valence-corrected chi connectivity index (χ2v) is 16.1. The first kappa shape index (κ1) is 27.7. The predicted molar refractivity (Wildman–Crippen MR) is 144 cm³/mol. The molecule has 3 aromatic rings. The quantitative estimate of drug-likeness (QED) is 0.170. The van der Waals surface area contributed by atoms with Gasteiger partial charge in [0.15, 0.2) is 0 Å². The van der Waals surface area contributed by atoms with Crippen molar-refractivity contribution in [3.8, 4) is 0 Å². The molecule has 38 heavy (non-hydrogen) atoms. The van der Waals surface area contributed by atoms with Crippen LogP contribution in [0.3, 0.4) is 0 Å². The summed E-state index contributed by atoms with van der Waals surface area (Å²) in [7, 11) is -1.27.